The standard InChI is InChI=1S/C15H24N2O4/c1-5-15(13(18)20-6-2,14(19)21-7-3)9-8-12-16-10-11-17(12)4/h10-11H,5-9H2,1-4H3. The number of hydrogen-bond acceptors (Lipinski definition) is 5. The Labute approximate surface area is 125 Å². The van der Waals surface area contributed by atoms with Gasteiger partial charge in [-0.2, -0.15) is 0 Å². The van der Waals surface area contributed by atoms with E-state index in [2.05, 4.69) is 4.98 Å². The average molecular weight is 296 g/mol. The first-order chi connectivity index (χ1) is 10.0. The van der Waals surface area contributed by atoms with Crippen LogP contribution in [0.1, 0.15) is 39.4 Å². The summed E-state index contributed by atoms with van der Waals surface area (Å²) in [4.78, 5) is 28.8. The normalized spacial score (nSPS) is 11.2. The summed E-state index contributed by atoms with van der Waals surface area (Å²) in [6.45, 7) is 5.72. The number of aryl methyl sites for hydroxylation is 2. The number of carbonyl (C=O) groups is 2. The predicted octanol–water partition coefficient (Wildman–Crippen LogP) is 1.88. The van der Waals surface area contributed by atoms with Gasteiger partial charge in [-0.15, -0.1) is 0 Å². The fraction of sp³-hybridized carbons (Fsp3) is 0.667. The summed E-state index contributed by atoms with van der Waals surface area (Å²) < 4.78 is 12.1. The maximum atomic E-state index is 12.3. The smallest absolute Gasteiger partial charge is 0.323 e. The third kappa shape index (κ3) is 3.83. The number of nitrogens with zero attached hydrogens (tertiary/aromatic N) is 2. The lowest BCUT2D eigenvalue weighted by Gasteiger charge is -2.27. The van der Waals surface area contributed by atoms with Crippen LogP contribution in [-0.2, 0) is 32.5 Å². The number of rotatable bonds is 8. The van der Waals surface area contributed by atoms with Crippen LogP contribution in [0.25, 0.3) is 0 Å². The number of hydrogen-bond donors (Lipinski definition) is 0. The minimum atomic E-state index is -1.25. The molecule has 0 atom stereocenters. The number of imidazole rings is 1. The van der Waals surface area contributed by atoms with Gasteiger partial charge >= 0.3 is 11.9 Å². The highest BCUT2D eigenvalue weighted by atomic mass is 16.6. The molecule has 21 heavy (non-hydrogen) atoms. The summed E-state index contributed by atoms with van der Waals surface area (Å²) >= 11 is 0. The molecule has 6 nitrogen and oxygen atoms in total. The van der Waals surface area contributed by atoms with E-state index < -0.39 is 17.4 Å². The van der Waals surface area contributed by atoms with E-state index in [-0.39, 0.29) is 13.2 Å². The van der Waals surface area contributed by atoms with Crippen LogP contribution < -0.4 is 0 Å². The average Bonchev–Trinajstić information content (AvgIpc) is 2.86. The van der Waals surface area contributed by atoms with E-state index in [1.54, 1.807) is 27.0 Å². The zero-order valence-electron chi connectivity index (χ0n) is 13.2. The van der Waals surface area contributed by atoms with Crippen molar-refractivity contribution in [3.8, 4) is 0 Å². The van der Waals surface area contributed by atoms with Crippen LogP contribution in [0.15, 0.2) is 12.4 Å². The second-order valence-electron chi connectivity index (χ2n) is 4.83. The van der Waals surface area contributed by atoms with Crippen molar-refractivity contribution in [2.45, 2.75) is 40.0 Å². The Balaban J connectivity index is 2.96. The Bertz CT molecular complexity index is 464. The summed E-state index contributed by atoms with van der Waals surface area (Å²) in [6, 6.07) is 0. The summed E-state index contributed by atoms with van der Waals surface area (Å²) in [6.07, 6.45) is 4.70. The fourth-order valence-corrected chi connectivity index (χ4v) is 2.25. The van der Waals surface area contributed by atoms with Crippen LogP contribution in [0.2, 0.25) is 0 Å². The van der Waals surface area contributed by atoms with Crippen molar-refractivity contribution in [1.82, 2.24) is 9.55 Å². The van der Waals surface area contributed by atoms with Crippen LogP contribution >= 0.6 is 0 Å². The first kappa shape index (κ1) is 17.2. The Hall–Kier alpha value is -1.85. The van der Waals surface area contributed by atoms with Crippen molar-refractivity contribution in [3.05, 3.63) is 18.2 Å². The molecule has 6 heteroatoms. The summed E-state index contributed by atoms with van der Waals surface area (Å²) in [5.41, 5.74) is -1.25. The fourth-order valence-electron chi connectivity index (χ4n) is 2.25. The molecule has 0 fully saturated rings. The summed E-state index contributed by atoms with van der Waals surface area (Å²) in [5.74, 6) is -0.207. The van der Waals surface area contributed by atoms with Crippen molar-refractivity contribution in [2.75, 3.05) is 13.2 Å². The van der Waals surface area contributed by atoms with Crippen LogP contribution in [0, 0.1) is 5.41 Å². The maximum absolute atomic E-state index is 12.3. The third-order valence-corrected chi connectivity index (χ3v) is 3.63. The highest BCUT2D eigenvalue weighted by Crippen LogP contribution is 2.32. The van der Waals surface area contributed by atoms with E-state index in [0.29, 0.717) is 19.3 Å². The van der Waals surface area contributed by atoms with Crippen LogP contribution in [0.4, 0.5) is 0 Å². The molecular weight excluding hydrogens is 272 g/mol. The molecule has 0 saturated heterocycles. The van der Waals surface area contributed by atoms with Gasteiger partial charge in [-0.05, 0) is 26.7 Å². The molecule has 0 unspecified atom stereocenters. The van der Waals surface area contributed by atoms with Gasteiger partial charge in [0.1, 0.15) is 5.82 Å². The van der Waals surface area contributed by atoms with Crippen LogP contribution in [-0.4, -0.2) is 34.7 Å². The molecule has 0 bridgehead atoms. The molecule has 0 aromatic carbocycles. The molecule has 118 valence electrons. The molecule has 0 N–H and O–H groups in total. The summed E-state index contributed by atoms with van der Waals surface area (Å²) in [5, 5.41) is 0. The monoisotopic (exact) mass is 296 g/mol. The van der Waals surface area contributed by atoms with Crippen molar-refractivity contribution >= 4 is 11.9 Å². The molecule has 0 aliphatic heterocycles. The maximum Gasteiger partial charge on any atom is 0.323 e. The summed E-state index contributed by atoms with van der Waals surface area (Å²) in [7, 11) is 1.88. The quantitative estimate of drug-likeness (QED) is 0.541. The largest absolute Gasteiger partial charge is 0.465 e. The van der Waals surface area contributed by atoms with E-state index in [4.69, 9.17) is 9.47 Å². The van der Waals surface area contributed by atoms with Gasteiger partial charge in [0.2, 0.25) is 0 Å². The lowest BCUT2D eigenvalue weighted by atomic mass is 9.80. The van der Waals surface area contributed by atoms with Gasteiger partial charge in [0.05, 0.1) is 13.2 Å². The first-order valence-corrected chi connectivity index (χ1v) is 7.32. The molecular formula is C15H24N2O4. The first-order valence-electron chi connectivity index (χ1n) is 7.32. The molecule has 1 rings (SSSR count). The van der Waals surface area contributed by atoms with Crippen LogP contribution in [0.3, 0.4) is 0 Å². The molecule has 0 radical (unpaired) electrons. The van der Waals surface area contributed by atoms with Gasteiger partial charge in [-0.3, -0.25) is 9.59 Å². The molecule has 0 aliphatic carbocycles. The minimum absolute atomic E-state index is 0.238. The van der Waals surface area contributed by atoms with E-state index in [1.165, 1.54) is 0 Å². The van der Waals surface area contributed by atoms with Gasteiger partial charge in [0.15, 0.2) is 5.41 Å². The number of carbonyl (C=O) groups excluding carboxylic acids is 2. The van der Waals surface area contributed by atoms with Crippen molar-refractivity contribution in [1.29, 1.82) is 0 Å². The minimum Gasteiger partial charge on any atom is -0.465 e. The van der Waals surface area contributed by atoms with E-state index in [1.807, 2.05) is 17.8 Å². The Morgan fingerprint density at radius 3 is 2.14 bits per heavy atom. The zero-order chi connectivity index (χ0) is 15.9. The van der Waals surface area contributed by atoms with Crippen molar-refractivity contribution in [3.63, 3.8) is 0 Å². The lowest BCUT2D eigenvalue weighted by molar-refractivity contribution is -0.173. The van der Waals surface area contributed by atoms with Gasteiger partial charge in [-0.25, -0.2) is 4.98 Å². The van der Waals surface area contributed by atoms with E-state index in [0.717, 1.165) is 5.82 Å². The van der Waals surface area contributed by atoms with E-state index in [9.17, 15) is 9.59 Å². The van der Waals surface area contributed by atoms with Crippen LogP contribution in [0.5, 0.6) is 0 Å². The Morgan fingerprint density at radius 2 is 1.76 bits per heavy atom. The second-order valence-corrected chi connectivity index (χ2v) is 4.83. The molecule has 0 aliphatic rings. The van der Waals surface area contributed by atoms with Gasteiger partial charge in [-0.1, -0.05) is 6.92 Å². The highest BCUT2D eigenvalue weighted by Gasteiger charge is 2.47. The zero-order valence-corrected chi connectivity index (χ0v) is 13.2. The van der Waals surface area contributed by atoms with Gasteiger partial charge < -0.3 is 14.0 Å². The SMILES string of the molecule is CCOC(=O)C(CC)(CCc1nccn1C)C(=O)OCC. The molecule has 1 aromatic rings. The molecule has 0 saturated carbocycles. The lowest BCUT2D eigenvalue weighted by Crippen LogP contribution is -2.42. The molecule has 0 spiro atoms. The van der Waals surface area contributed by atoms with Crippen molar-refractivity contribution < 1.29 is 19.1 Å². The molecule has 1 aromatic heterocycles. The Morgan fingerprint density at radius 1 is 1.19 bits per heavy atom. The third-order valence-electron chi connectivity index (χ3n) is 3.63. The molecule has 1 heterocycles. The molecule has 0 amide bonds. The Kier molecular flexibility index (Phi) is 6.39. The number of esters is 2. The topological polar surface area (TPSA) is 70.4 Å². The number of aromatic nitrogens is 2. The van der Waals surface area contributed by atoms with Gasteiger partial charge in [0.25, 0.3) is 0 Å². The van der Waals surface area contributed by atoms with E-state index >= 15 is 0 Å². The predicted molar refractivity (Wildman–Crippen MR) is 77.5 cm³/mol. The van der Waals surface area contributed by atoms with Crippen molar-refractivity contribution in [2.24, 2.45) is 12.5 Å². The highest BCUT2D eigenvalue weighted by molar-refractivity contribution is 6.00. The number of ether oxygens (including phenoxy) is 2. The van der Waals surface area contributed by atoms with Gasteiger partial charge in [0, 0.05) is 25.9 Å². The second kappa shape index (κ2) is 7.81.